The van der Waals surface area contributed by atoms with Crippen LogP contribution in [-0.2, 0) is 17.7 Å². The summed E-state index contributed by atoms with van der Waals surface area (Å²) < 4.78 is 11.5. The first-order valence-electron chi connectivity index (χ1n) is 7.79. The third kappa shape index (κ3) is 2.82. The van der Waals surface area contributed by atoms with Gasteiger partial charge in [0.05, 0.1) is 24.6 Å². The number of H-pyrrole nitrogens is 1. The van der Waals surface area contributed by atoms with Crippen LogP contribution in [-0.4, -0.2) is 53.2 Å². The molecule has 2 aliphatic rings. The number of methoxy groups -OCH3 is 1. The fourth-order valence-corrected chi connectivity index (χ4v) is 3.86. The van der Waals surface area contributed by atoms with E-state index >= 15 is 0 Å². The molecule has 6 nitrogen and oxygen atoms in total. The topological polar surface area (TPSA) is 63.3 Å². The molecule has 7 heteroatoms. The smallest absolute Gasteiger partial charge is 0.127 e. The van der Waals surface area contributed by atoms with Gasteiger partial charge in [-0.3, -0.25) is 4.90 Å². The van der Waals surface area contributed by atoms with Crippen molar-refractivity contribution < 1.29 is 9.47 Å². The molecule has 1 fully saturated rings. The number of ether oxygens (including phenoxy) is 2. The minimum Gasteiger partial charge on any atom is -0.493 e. The Bertz CT molecular complexity index is 692. The number of nitrogens with one attached hydrogen (secondary N) is 1. The molecule has 2 aromatic rings. The van der Waals surface area contributed by atoms with Crippen LogP contribution in [0.2, 0.25) is 5.02 Å². The molecule has 2 atom stereocenters. The summed E-state index contributed by atoms with van der Waals surface area (Å²) in [6.45, 7) is 3.28. The summed E-state index contributed by atoms with van der Waals surface area (Å²) in [5.74, 6) is 1.24. The van der Waals surface area contributed by atoms with Gasteiger partial charge in [-0.2, -0.15) is 15.4 Å². The van der Waals surface area contributed by atoms with Gasteiger partial charge in [0.1, 0.15) is 5.75 Å². The van der Waals surface area contributed by atoms with E-state index in [2.05, 4.69) is 20.3 Å². The van der Waals surface area contributed by atoms with E-state index in [1.807, 2.05) is 12.1 Å². The average molecular weight is 335 g/mol. The molecule has 0 bridgehead atoms. The SMILES string of the molecule is CO[C@@H]1CN(Cc2cc(Cl)cc3c2OCC3)C[C@H]1c1cn[nH]n1. The van der Waals surface area contributed by atoms with Crippen molar-refractivity contribution >= 4 is 11.6 Å². The maximum absolute atomic E-state index is 6.26. The lowest BCUT2D eigenvalue weighted by Gasteiger charge is -2.17. The Morgan fingerprint density at radius 3 is 3.13 bits per heavy atom. The predicted octanol–water partition coefficient (Wildman–Crippen LogP) is 2.01. The van der Waals surface area contributed by atoms with Crippen molar-refractivity contribution in [3.05, 3.63) is 40.2 Å². The number of aromatic amines is 1. The fraction of sp³-hybridized carbons (Fsp3) is 0.500. The summed E-state index contributed by atoms with van der Waals surface area (Å²) in [6.07, 6.45) is 2.83. The molecule has 0 aliphatic carbocycles. The molecule has 1 aromatic heterocycles. The van der Waals surface area contributed by atoms with Gasteiger partial charge in [0.2, 0.25) is 0 Å². The standard InChI is InChI=1S/C16H19ClN4O2/c1-22-15-9-21(8-13(15)14-6-18-20-19-14)7-11-5-12(17)4-10-2-3-23-16(10)11/h4-6,13,15H,2-3,7-9H2,1H3,(H,18,19,20)/t13-,15+/m0/s1. The Kier molecular flexibility index (Phi) is 3.97. The number of hydrogen-bond acceptors (Lipinski definition) is 5. The molecule has 0 spiro atoms. The van der Waals surface area contributed by atoms with Gasteiger partial charge in [0, 0.05) is 49.7 Å². The van der Waals surface area contributed by atoms with E-state index in [4.69, 9.17) is 21.1 Å². The van der Waals surface area contributed by atoms with Crippen molar-refractivity contribution in [2.75, 3.05) is 26.8 Å². The molecule has 122 valence electrons. The van der Waals surface area contributed by atoms with E-state index in [9.17, 15) is 0 Å². The first-order chi connectivity index (χ1) is 11.2. The van der Waals surface area contributed by atoms with E-state index in [-0.39, 0.29) is 12.0 Å². The Morgan fingerprint density at radius 2 is 2.35 bits per heavy atom. The van der Waals surface area contributed by atoms with Gasteiger partial charge in [0.25, 0.3) is 0 Å². The highest BCUT2D eigenvalue weighted by Gasteiger charge is 2.36. The third-order valence-corrected chi connectivity index (χ3v) is 4.90. The fourth-order valence-electron chi connectivity index (χ4n) is 3.60. The monoisotopic (exact) mass is 334 g/mol. The van der Waals surface area contributed by atoms with Gasteiger partial charge >= 0.3 is 0 Å². The molecule has 2 aliphatic heterocycles. The van der Waals surface area contributed by atoms with E-state index in [1.165, 1.54) is 5.56 Å². The lowest BCUT2D eigenvalue weighted by Crippen LogP contribution is -2.22. The Labute approximate surface area is 139 Å². The zero-order valence-electron chi connectivity index (χ0n) is 13.0. The second-order valence-electron chi connectivity index (χ2n) is 6.12. The van der Waals surface area contributed by atoms with Gasteiger partial charge in [-0.25, -0.2) is 0 Å². The number of benzene rings is 1. The van der Waals surface area contributed by atoms with E-state index < -0.39 is 0 Å². The highest BCUT2D eigenvalue weighted by Crippen LogP contribution is 2.35. The van der Waals surface area contributed by atoms with Gasteiger partial charge in [0.15, 0.2) is 0 Å². The summed E-state index contributed by atoms with van der Waals surface area (Å²) in [5.41, 5.74) is 3.32. The summed E-state index contributed by atoms with van der Waals surface area (Å²) >= 11 is 6.26. The molecule has 0 radical (unpaired) electrons. The van der Waals surface area contributed by atoms with Crippen LogP contribution in [0.15, 0.2) is 18.3 Å². The average Bonchev–Trinajstić information content (AvgIpc) is 3.26. The van der Waals surface area contributed by atoms with Crippen LogP contribution >= 0.6 is 11.6 Å². The molecule has 3 heterocycles. The number of hydrogen-bond donors (Lipinski definition) is 1. The number of aromatic nitrogens is 3. The van der Waals surface area contributed by atoms with Crippen molar-refractivity contribution in [3.63, 3.8) is 0 Å². The summed E-state index contributed by atoms with van der Waals surface area (Å²) in [6, 6.07) is 4.02. The molecule has 0 unspecified atom stereocenters. The van der Waals surface area contributed by atoms with Crippen molar-refractivity contribution in [3.8, 4) is 5.75 Å². The summed E-state index contributed by atoms with van der Waals surface area (Å²) in [5, 5.41) is 11.6. The largest absolute Gasteiger partial charge is 0.493 e. The van der Waals surface area contributed by atoms with Crippen LogP contribution in [0, 0.1) is 0 Å². The van der Waals surface area contributed by atoms with Gasteiger partial charge in [-0.05, 0) is 17.7 Å². The zero-order valence-corrected chi connectivity index (χ0v) is 13.7. The maximum Gasteiger partial charge on any atom is 0.127 e. The minimum atomic E-state index is 0.119. The highest BCUT2D eigenvalue weighted by molar-refractivity contribution is 6.30. The molecule has 0 saturated carbocycles. The van der Waals surface area contributed by atoms with Gasteiger partial charge in [-0.15, -0.1) is 0 Å². The van der Waals surface area contributed by atoms with Gasteiger partial charge in [-0.1, -0.05) is 11.6 Å². The van der Waals surface area contributed by atoms with Crippen molar-refractivity contribution in [2.24, 2.45) is 0 Å². The lowest BCUT2D eigenvalue weighted by atomic mass is 10.0. The molecule has 4 rings (SSSR count). The third-order valence-electron chi connectivity index (χ3n) is 4.68. The number of halogens is 1. The summed E-state index contributed by atoms with van der Waals surface area (Å²) in [7, 11) is 1.75. The number of nitrogens with zero attached hydrogens (tertiary/aromatic N) is 3. The Hall–Kier alpha value is -1.63. The molecule has 1 aromatic carbocycles. The van der Waals surface area contributed by atoms with E-state index in [1.54, 1.807) is 13.3 Å². The number of likely N-dealkylation sites (tertiary alicyclic amines) is 1. The minimum absolute atomic E-state index is 0.119. The zero-order chi connectivity index (χ0) is 15.8. The Morgan fingerprint density at radius 1 is 1.43 bits per heavy atom. The normalized spacial score (nSPS) is 23.9. The van der Waals surface area contributed by atoms with E-state index in [0.717, 1.165) is 54.7 Å². The van der Waals surface area contributed by atoms with Crippen LogP contribution in [0.4, 0.5) is 0 Å². The highest BCUT2D eigenvalue weighted by atomic mass is 35.5. The first kappa shape index (κ1) is 14.9. The van der Waals surface area contributed by atoms with Crippen LogP contribution in [0.5, 0.6) is 5.75 Å². The van der Waals surface area contributed by atoms with Crippen LogP contribution in [0.3, 0.4) is 0 Å². The molecule has 1 saturated heterocycles. The molecule has 1 N–H and O–H groups in total. The molecule has 23 heavy (non-hydrogen) atoms. The Balaban J connectivity index is 1.54. The maximum atomic E-state index is 6.26. The first-order valence-corrected chi connectivity index (χ1v) is 8.17. The molecular weight excluding hydrogens is 316 g/mol. The van der Waals surface area contributed by atoms with Crippen molar-refractivity contribution in [2.45, 2.75) is 25.0 Å². The van der Waals surface area contributed by atoms with E-state index in [0.29, 0.717) is 0 Å². The van der Waals surface area contributed by atoms with Crippen LogP contribution in [0.1, 0.15) is 22.7 Å². The molecular formula is C16H19ClN4O2. The van der Waals surface area contributed by atoms with Crippen LogP contribution in [0.25, 0.3) is 0 Å². The predicted molar refractivity (Wildman–Crippen MR) is 85.8 cm³/mol. The second kappa shape index (κ2) is 6.11. The number of rotatable bonds is 4. The summed E-state index contributed by atoms with van der Waals surface area (Å²) in [4.78, 5) is 2.36. The van der Waals surface area contributed by atoms with Crippen molar-refractivity contribution in [1.29, 1.82) is 0 Å². The molecule has 0 amide bonds. The van der Waals surface area contributed by atoms with Gasteiger partial charge < -0.3 is 9.47 Å². The second-order valence-corrected chi connectivity index (χ2v) is 6.56. The quantitative estimate of drug-likeness (QED) is 0.926. The lowest BCUT2D eigenvalue weighted by molar-refractivity contribution is 0.0956. The van der Waals surface area contributed by atoms with Crippen LogP contribution < -0.4 is 4.74 Å². The number of fused-ring (bicyclic) bond motifs is 1. The van der Waals surface area contributed by atoms with Crippen molar-refractivity contribution in [1.82, 2.24) is 20.3 Å².